The van der Waals surface area contributed by atoms with E-state index in [0.29, 0.717) is 5.82 Å². The third kappa shape index (κ3) is 1.99. The summed E-state index contributed by atoms with van der Waals surface area (Å²) in [6, 6.07) is 0. The van der Waals surface area contributed by atoms with Crippen molar-refractivity contribution >= 4 is 11.1 Å². The number of ether oxygens (including phenoxy) is 2. The van der Waals surface area contributed by atoms with E-state index in [1.807, 2.05) is 0 Å². The molecule has 0 amide bonds. The number of nitrogens with zero attached hydrogens (tertiary/aromatic N) is 2. The third-order valence-corrected chi connectivity index (χ3v) is 2.17. The topological polar surface area (TPSA) is 81.5 Å². The number of aryl methyl sites for hydroxylation is 1. The Morgan fingerprint density at radius 2 is 1.64 bits per heavy atom. The van der Waals surface area contributed by atoms with Crippen LogP contribution in [0, 0.1) is 6.92 Å². The minimum absolute atomic E-state index is 0.0511. The van der Waals surface area contributed by atoms with Crippen LogP contribution in [-0.2, 0) is 11.1 Å². The van der Waals surface area contributed by atoms with Crippen molar-refractivity contribution in [2.24, 2.45) is 0 Å². The second-order valence-corrected chi connectivity index (χ2v) is 3.27. The van der Waals surface area contributed by atoms with E-state index in [1.54, 1.807) is 6.92 Å². The maximum absolute atomic E-state index is 10.9. The maximum atomic E-state index is 10.9. The maximum Gasteiger partial charge on any atom is 0.239 e. The van der Waals surface area contributed by atoms with Crippen molar-refractivity contribution in [2.45, 2.75) is 11.8 Å². The molecule has 6 nitrogen and oxygen atoms in total. The Morgan fingerprint density at radius 3 is 1.93 bits per heavy atom. The average Bonchev–Trinajstić information content (AvgIpc) is 2.15. The molecule has 1 aromatic heterocycles. The smallest absolute Gasteiger partial charge is 0.239 e. The van der Waals surface area contributed by atoms with E-state index in [9.17, 15) is 4.21 Å². The summed E-state index contributed by atoms with van der Waals surface area (Å²) in [6.45, 7) is 1.63. The molecule has 78 valence electrons. The van der Waals surface area contributed by atoms with E-state index in [2.05, 4.69) is 9.97 Å². The molecule has 0 saturated heterocycles. The fraction of sp³-hybridized carbons (Fsp3) is 0.429. The lowest BCUT2D eigenvalue weighted by atomic mass is 10.5. The number of methoxy groups -OCH3 is 2. The number of aromatic nitrogens is 2. The third-order valence-electron chi connectivity index (χ3n) is 1.48. The first-order valence-electron chi connectivity index (χ1n) is 3.67. The van der Waals surface area contributed by atoms with Crippen LogP contribution >= 0.6 is 0 Å². The highest BCUT2D eigenvalue weighted by molar-refractivity contribution is 7.79. The summed E-state index contributed by atoms with van der Waals surface area (Å²) in [5, 5.41) is 0. The second-order valence-electron chi connectivity index (χ2n) is 2.37. The highest BCUT2D eigenvalue weighted by Gasteiger charge is 2.19. The molecule has 1 N–H and O–H groups in total. The summed E-state index contributed by atoms with van der Waals surface area (Å²) in [5.74, 6) is 0.512. The molecule has 14 heavy (non-hydrogen) atoms. The van der Waals surface area contributed by atoms with E-state index in [0.717, 1.165) is 0 Å². The SMILES string of the molecule is COc1nc(C)nc(OC)c1S(=O)O. The molecule has 0 aliphatic heterocycles. The monoisotopic (exact) mass is 218 g/mol. The minimum atomic E-state index is -2.24. The molecule has 7 heteroatoms. The van der Waals surface area contributed by atoms with E-state index < -0.39 is 11.1 Å². The zero-order valence-corrected chi connectivity index (χ0v) is 8.79. The fourth-order valence-corrected chi connectivity index (χ4v) is 1.49. The molecule has 0 fully saturated rings. The van der Waals surface area contributed by atoms with Crippen LogP contribution in [0.3, 0.4) is 0 Å². The van der Waals surface area contributed by atoms with E-state index in [-0.39, 0.29) is 16.7 Å². The molecule has 0 aliphatic carbocycles. The van der Waals surface area contributed by atoms with Gasteiger partial charge in [-0.1, -0.05) is 0 Å². The molecule has 0 aliphatic rings. The Hall–Kier alpha value is -1.21. The van der Waals surface area contributed by atoms with Gasteiger partial charge in [-0.3, -0.25) is 0 Å². The molecule has 0 aromatic carbocycles. The van der Waals surface area contributed by atoms with Crippen LogP contribution in [0.25, 0.3) is 0 Å². The minimum Gasteiger partial charge on any atom is -0.480 e. The van der Waals surface area contributed by atoms with Crippen molar-refractivity contribution in [1.29, 1.82) is 0 Å². The van der Waals surface area contributed by atoms with E-state index in [4.69, 9.17) is 14.0 Å². The van der Waals surface area contributed by atoms with Gasteiger partial charge in [-0.05, 0) is 6.92 Å². The van der Waals surface area contributed by atoms with Gasteiger partial charge in [0, 0.05) is 0 Å². The first-order chi connectivity index (χ1) is 6.60. The van der Waals surface area contributed by atoms with Crippen LogP contribution in [0.2, 0.25) is 0 Å². The van der Waals surface area contributed by atoms with Crippen LogP contribution < -0.4 is 9.47 Å². The van der Waals surface area contributed by atoms with E-state index in [1.165, 1.54) is 14.2 Å². The van der Waals surface area contributed by atoms with Crippen molar-refractivity contribution in [1.82, 2.24) is 9.97 Å². The van der Waals surface area contributed by atoms with Gasteiger partial charge in [0.1, 0.15) is 5.82 Å². The molecule has 0 radical (unpaired) electrons. The van der Waals surface area contributed by atoms with Crippen LogP contribution in [0.15, 0.2) is 4.90 Å². The first-order valence-corrected chi connectivity index (χ1v) is 4.78. The van der Waals surface area contributed by atoms with Gasteiger partial charge in [0.05, 0.1) is 14.2 Å². The van der Waals surface area contributed by atoms with Crippen LogP contribution in [0.5, 0.6) is 11.8 Å². The van der Waals surface area contributed by atoms with Crippen molar-refractivity contribution in [3.63, 3.8) is 0 Å². The zero-order chi connectivity index (χ0) is 10.7. The van der Waals surface area contributed by atoms with Gasteiger partial charge < -0.3 is 14.0 Å². The Balaban J connectivity index is 3.40. The van der Waals surface area contributed by atoms with Crippen molar-refractivity contribution in [2.75, 3.05) is 14.2 Å². The molecular weight excluding hydrogens is 208 g/mol. The summed E-state index contributed by atoms with van der Waals surface area (Å²) in [4.78, 5) is 7.66. The second kappa shape index (κ2) is 4.34. The Bertz CT molecular complexity index is 344. The molecule has 0 spiro atoms. The highest BCUT2D eigenvalue weighted by Crippen LogP contribution is 2.27. The van der Waals surface area contributed by atoms with Gasteiger partial charge in [0.15, 0.2) is 16.0 Å². The highest BCUT2D eigenvalue weighted by atomic mass is 32.2. The Morgan fingerprint density at radius 1 is 1.21 bits per heavy atom. The summed E-state index contributed by atoms with van der Waals surface area (Å²) in [5.41, 5.74) is 0. The molecule has 0 bridgehead atoms. The van der Waals surface area contributed by atoms with Crippen LogP contribution in [0.4, 0.5) is 0 Å². The summed E-state index contributed by atoms with van der Waals surface area (Å²) < 4.78 is 29.6. The van der Waals surface area contributed by atoms with Gasteiger partial charge >= 0.3 is 0 Å². The standard InChI is InChI=1S/C7H10N2O4S/c1-4-8-6(12-2)5(14(10)11)7(9-4)13-3/h1-3H3,(H,10,11). The van der Waals surface area contributed by atoms with Gasteiger partial charge in [-0.15, -0.1) is 0 Å². The zero-order valence-electron chi connectivity index (χ0n) is 7.97. The van der Waals surface area contributed by atoms with Gasteiger partial charge in [-0.25, -0.2) is 4.21 Å². The largest absolute Gasteiger partial charge is 0.480 e. The molecule has 0 saturated carbocycles. The predicted octanol–water partition coefficient (Wildman–Crippen LogP) is 0.383. The van der Waals surface area contributed by atoms with Gasteiger partial charge in [0.2, 0.25) is 11.8 Å². The molecule has 1 aromatic rings. The number of rotatable bonds is 3. The number of hydrogen-bond acceptors (Lipinski definition) is 5. The summed E-state index contributed by atoms with van der Waals surface area (Å²) in [6.07, 6.45) is 0. The molecule has 1 atom stereocenters. The number of hydrogen-bond donors (Lipinski definition) is 1. The summed E-state index contributed by atoms with van der Waals surface area (Å²) in [7, 11) is 2.72. The van der Waals surface area contributed by atoms with Crippen LogP contribution in [-0.4, -0.2) is 32.9 Å². The molecule has 1 unspecified atom stereocenters. The Labute approximate surface area is 83.6 Å². The predicted molar refractivity (Wildman–Crippen MR) is 48.9 cm³/mol. The lowest BCUT2D eigenvalue weighted by Crippen LogP contribution is -2.04. The van der Waals surface area contributed by atoms with Gasteiger partial charge in [-0.2, -0.15) is 9.97 Å². The molecule has 1 rings (SSSR count). The lowest BCUT2D eigenvalue weighted by molar-refractivity contribution is 0.346. The van der Waals surface area contributed by atoms with Crippen LogP contribution in [0.1, 0.15) is 5.82 Å². The first kappa shape index (κ1) is 10.9. The van der Waals surface area contributed by atoms with Crippen molar-refractivity contribution in [3.8, 4) is 11.8 Å². The average molecular weight is 218 g/mol. The lowest BCUT2D eigenvalue weighted by Gasteiger charge is -2.08. The Kier molecular flexibility index (Phi) is 3.37. The summed E-state index contributed by atoms with van der Waals surface area (Å²) >= 11 is -2.24. The van der Waals surface area contributed by atoms with Crippen molar-refractivity contribution in [3.05, 3.63) is 5.82 Å². The fourth-order valence-electron chi connectivity index (χ4n) is 0.938. The quantitative estimate of drug-likeness (QED) is 0.739. The van der Waals surface area contributed by atoms with Gasteiger partial charge in [0.25, 0.3) is 0 Å². The normalized spacial score (nSPS) is 12.3. The van der Waals surface area contributed by atoms with E-state index >= 15 is 0 Å². The molecule has 1 heterocycles. The van der Waals surface area contributed by atoms with Crippen molar-refractivity contribution < 1.29 is 18.2 Å². The molecular formula is C7H10N2O4S.